The van der Waals surface area contributed by atoms with Gasteiger partial charge in [0.15, 0.2) is 4.32 Å². The number of fused-ring (bicyclic) bond motifs is 1. The van der Waals surface area contributed by atoms with Gasteiger partial charge in [-0.05, 0) is 61.6 Å². The SMILES string of the molecule is CCCCn1c(=C2SC(=S)N(NC(C)=O)C2=O)sc(=C/C=C2\Sc3ccccc3N2CC)c1=O. The van der Waals surface area contributed by atoms with Crippen LogP contribution < -0.4 is 25.1 Å². The van der Waals surface area contributed by atoms with Crippen LogP contribution in [0.25, 0.3) is 11.0 Å². The lowest BCUT2D eigenvalue weighted by atomic mass is 10.3. The molecule has 178 valence electrons. The van der Waals surface area contributed by atoms with Gasteiger partial charge in [0.25, 0.3) is 11.5 Å². The average Bonchev–Trinajstić information content (AvgIpc) is 3.42. The number of benzene rings is 1. The first kappa shape index (κ1) is 24.8. The Kier molecular flexibility index (Phi) is 7.66. The molecule has 0 unspecified atom stereocenters. The van der Waals surface area contributed by atoms with Crippen LogP contribution in [-0.2, 0) is 16.1 Å². The molecule has 2 aromatic rings. The van der Waals surface area contributed by atoms with Crippen molar-refractivity contribution >= 4 is 79.9 Å². The maximum absolute atomic E-state index is 13.3. The number of nitrogens with one attached hydrogen (secondary N) is 1. The van der Waals surface area contributed by atoms with E-state index in [2.05, 4.69) is 36.3 Å². The van der Waals surface area contributed by atoms with Crippen LogP contribution in [0, 0.1) is 0 Å². The van der Waals surface area contributed by atoms with Crippen LogP contribution in [0.15, 0.2) is 45.1 Å². The Bertz CT molecular complexity index is 1380. The molecule has 34 heavy (non-hydrogen) atoms. The number of hydrogen-bond acceptors (Lipinski definition) is 8. The quantitative estimate of drug-likeness (QED) is 0.574. The Morgan fingerprint density at radius 3 is 2.62 bits per heavy atom. The van der Waals surface area contributed by atoms with Gasteiger partial charge >= 0.3 is 0 Å². The molecule has 2 amide bonds. The zero-order valence-corrected chi connectivity index (χ0v) is 22.3. The van der Waals surface area contributed by atoms with E-state index in [1.54, 1.807) is 16.3 Å². The summed E-state index contributed by atoms with van der Waals surface area (Å²) in [4.78, 5) is 41.6. The zero-order chi connectivity index (χ0) is 24.4. The van der Waals surface area contributed by atoms with Gasteiger partial charge in [0.1, 0.15) is 9.57 Å². The number of thioether (sulfide) groups is 2. The molecule has 1 aromatic carbocycles. The maximum atomic E-state index is 13.3. The third-order valence-corrected chi connectivity index (χ3v) is 8.98. The summed E-state index contributed by atoms with van der Waals surface area (Å²) in [6.07, 6.45) is 5.53. The number of rotatable bonds is 6. The largest absolute Gasteiger partial charge is 0.335 e. The Hall–Kier alpha value is -2.34. The summed E-state index contributed by atoms with van der Waals surface area (Å²) in [6.45, 7) is 6.80. The van der Waals surface area contributed by atoms with Gasteiger partial charge < -0.3 is 4.90 Å². The monoisotopic (exact) mass is 532 g/mol. The van der Waals surface area contributed by atoms with Crippen LogP contribution in [0.2, 0.25) is 0 Å². The molecule has 0 radical (unpaired) electrons. The van der Waals surface area contributed by atoms with Gasteiger partial charge in [0.2, 0.25) is 5.91 Å². The van der Waals surface area contributed by atoms with E-state index in [1.165, 1.54) is 23.2 Å². The van der Waals surface area contributed by atoms with Crippen LogP contribution >= 0.6 is 47.1 Å². The van der Waals surface area contributed by atoms with E-state index in [-0.39, 0.29) is 15.8 Å². The molecule has 0 spiro atoms. The summed E-state index contributed by atoms with van der Waals surface area (Å²) in [7, 11) is 0. The molecule has 0 bridgehead atoms. The minimum absolute atomic E-state index is 0.126. The Morgan fingerprint density at radius 2 is 1.91 bits per heavy atom. The van der Waals surface area contributed by atoms with Crippen LogP contribution in [0.5, 0.6) is 0 Å². The second kappa shape index (κ2) is 10.5. The third kappa shape index (κ3) is 4.74. The number of thiazole rings is 1. The molecule has 1 aromatic heterocycles. The highest BCUT2D eigenvalue weighted by Crippen LogP contribution is 2.45. The number of hydrazine groups is 1. The molecule has 7 nitrogen and oxygen atoms in total. The average molecular weight is 533 g/mol. The van der Waals surface area contributed by atoms with Crippen molar-refractivity contribution in [2.45, 2.75) is 45.1 Å². The fourth-order valence-electron chi connectivity index (χ4n) is 3.62. The van der Waals surface area contributed by atoms with Crippen molar-refractivity contribution in [3.63, 3.8) is 0 Å². The third-order valence-electron chi connectivity index (χ3n) is 5.21. The number of carbonyl (C=O) groups excluding carboxylic acids is 2. The highest BCUT2D eigenvalue weighted by Gasteiger charge is 2.35. The van der Waals surface area contributed by atoms with Crippen LogP contribution in [-0.4, -0.2) is 32.3 Å². The van der Waals surface area contributed by atoms with Crippen LogP contribution in [0.1, 0.15) is 33.6 Å². The highest BCUT2D eigenvalue weighted by molar-refractivity contribution is 8.30. The number of thiocarbonyl (C=S) groups is 1. The fraction of sp³-hybridized carbons (Fsp3) is 0.304. The van der Waals surface area contributed by atoms with E-state index in [9.17, 15) is 14.4 Å². The van der Waals surface area contributed by atoms with Crippen molar-refractivity contribution in [3.05, 3.63) is 54.9 Å². The van der Waals surface area contributed by atoms with E-state index in [0.717, 1.165) is 46.9 Å². The standard InChI is InChI=1S/C23H24N4O3S4/c1-4-6-13-26-20(29)17(11-12-18-25(5-2)15-9-7-8-10-16(15)32-18)33-22(26)19-21(30)27(23(31)34-19)24-14(3)28/h7-12H,4-6,13H2,1-3H3,(H,24,28)/b17-11?,18-12-,22-19?. The minimum Gasteiger partial charge on any atom is -0.335 e. The van der Waals surface area contributed by atoms with Gasteiger partial charge in [-0.3, -0.25) is 24.4 Å². The predicted molar refractivity (Wildman–Crippen MR) is 145 cm³/mol. The normalized spacial score (nSPS) is 18.9. The first-order valence-electron chi connectivity index (χ1n) is 10.9. The van der Waals surface area contributed by atoms with Crippen LogP contribution in [0.4, 0.5) is 5.69 Å². The molecular weight excluding hydrogens is 509 g/mol. The number of para-hydroxylation sites is 1. The molecule has 0 atom stereocenters. The van der Waals surface area contributed by atoms with Crippen molar-refractivity contribution < 1.29 is 9.59 Å². The lowest BCUT2D eigenvalue weighted by Crippen LogP contribution is -2.44. The number of nitrogens with zero attached hydrogens (tertiary/aromatic N) is 3. The number of anilines is 1. The molecule has 1 saturated heterocycles. The molecule has 4 rings (SSSR count). The molecule has 2 aliphatic heterocycles. The zero-order valence-electron chi connectivity index (χ0n) is 19.0. The van der Waals surface area contributed by atoms with Crippen molar-refractivity contribution in [2.75, 3.05) is 11.4 Å². The molecular formula is C23H24N4O3S4. The number of allylic oxidation sites excluding steroid dienone is 1. The van der Waals surface area contributed by atoms with E-state index < -0.39 is 5.91 Å². The first-order valence-corrected chi connectivity index (χ1v) is 13.7. The van der Waals surface area contributed by atoms with Crippen molar-refractivity contribution in [2.24, 2.45) is 0 Å². The number of aromatic nitrogens is 1. The van der Waals surface area contributed by atoms with Gasteiger partial charge in [0, 0.05) is 24.9 Å². The second-order valence-electron chi connectivity index (χ2n) is 7.57. The van der Waals surface area contributed by atoms with E-state index in [1.807, 2.05) is 24.3 Å². The van der Waals surface area contributed by atoms with Crippen molar-refractivity contribution in [1.29, 1.82) is 0 Å². The topological polar surface area (TPSA) is 74.7 Å². The maximum Gasteiger partial charge on any atom is 0.288 e. The van der Waals surface area contributed by atoms with Crippen molar-refractivity contribution in [3.8, 4) is 0 Å². The summed E-state index contributed by atoms with van der Waals surface area (Å²) >= 11 is 9.35. The molecule has 3 heterocycles. The molecule has 2 aliphatic rings. The van der Waals surface area contributed by atoms with Gasteiger partial charge in [-0.2, -0.15) is 5.01 Å². The smallest absolute Gasteiger partial charge is 0.288 e. The Labute approximate surface area is 215 Å². The fourth-order valence-corrected chi connectivity index (χ4v) is 7.16. The lowest BCUT2D eigenvalue weighted by Gasteiger charge is -2.17. The summed E-state index contributed by atoms with van der Waals surface area (Å²) < 4.78 is 3.02. The van der Waals surface area contributed by atoms with E-state index in [0.29, 0.717) is 20.6 Å². The van der Waals surface area contributed by atoms with E-state index in [4.69, 9.17) is 12.2 Å². The molecule has 1 fully saturated rings. The van der Waals surface area contributed by atoms with Crippen molar-refractivity contribution in [1.82, 2.24) is 15.0 Å². The van der Waals surface area contributed by atoms with Crippen LogP contribution in [0.3, 0.4) is 0 Å². The van der Waals surface area contributed by atoms with Gasteiger partial charge in [0.05, 0.1) is 15.2 Å². The number of amides is 2. The minimum atomic E-state index is -0.416. The van der Waals surface area contributed by atoms with Gasteiger partial charge in [-0.25, -0.2) is 0 Å². The van der Waals surface area contributed by atoms with Gasteiger partial charge in [-0.1, -0.05) is 37.2 Å². The number of carbonyl (C=O) groups is 2. The number of unbranched alkanes of at least 4 members (excludes halogenated alkanes) is 1. The highest BCUT2D eigenvalue weighted by atomic mass is 32.2. The second-order valence-corrected chi connectivity index (χ2v) is 11.3. The summed E-state index contributed by atoms with van der Waals surface area (Å²) in [5.41, 5.74) is 3.50. The summed E-state index contributed by atoms with van der Waals surface area (Å²) in [5, 5.41) is 2.12. The number of hydrogen-bond donors (Lipinski definition) is 1. The molecule has 0 aliphatic carbocycles. The summed E-state index contributed by atoms with van der Waals surface area (Å²) in [5.74, 6) is -0.802. The predicted octanol–water partition coefficient (Wildman–Crippen LogP) is 2.98. The Morgan fingerprint density at radius 1 is 1.15 bits per heavy atom. The lowest BCUT2D eigenvalue weighted by molar-refractivity contribution is -0.131. The first-order chi connectivity index (χ1) is 16.3. The van der Waals surface area contributed by atoms with E-state index >= 15 is 0 Å². The molecule has 11 heteroatoms. The van der Waals surface area contributed by atoms with Gasteiger partial charge in [-0.15, -0.1) is 11.3 Å². The molecule has 0 saturated carbocycles. The Balaban J connectivity index is 1.80. The molecule has 1 N–H and O–H groups in total. The summed E-state index contributed by atoms with van der Waals surface area (Å²) in [6, 6.07) is 8.23.